The molecule has 1 heterocycles. The van der Waals surface area contributed by atoms with Crippen LogP contribution < -0.4 is 0 Å². The van der Waals surface area contributed by atoms with E-state index in [0.717, 1.165) is 0 Å². The summed E-state index contributed by atoms with van der Waals surface area (Å²) in [5.74, 6) is 0. The summed E-state index contributed by atoms with van der Waals surface area (Å²) in [6, 6.07) is 6.89. The van der Waals surface area contributed by atoms with Crippen LogP contribution in [-0.4, -0.2) is 58.1 Å². The number of halogens is 1. The predicted octanol–water partition coefficient (Wildman–Crippen LogP) is -0.171. The third kappa shape index (κ3) is 3.29. The van der Waals surface area contributed by atoms with Crippen LogP contribution in [0.4, 0.5) is 0 Å². The van der Waals surface area contributed by atoms with Crippen molar-refractivity contribution in [2.45, 2.75) is 30.7 Å². The molecule has 0 aliphatic carbocycles. The van der Waals surface area contributed by atoms with Crippen molar-refractivity contribution in [1.29, 1.82) is 0 Å². The Bertz CT molecular complexity index is 443. The number of hydrogen-bond donors (Lipinski definition) is 4. The lowest BCUT2D eigenvalue weighted by molar-refractivity contribution is -0.284. The summed E-state index contributed by atoms with van der Waals surface area (Å²) >= 11 is 6.04. The highest BCUT2D eigenvalue weighted by Crippen LogP contribution is 2.32. The van der Waals surface area contributed by atoms with Crippen LogP contribution in [0.15, 0.2) is 24.3 Å². The maximum absolute atomic E-state index is 9.86. The molecule has 2 rings (SSSR count). The minimum absolute atomic E-state index is 0.0736. The highest BCUT2D eigenvalue weighted by atomic mass is 35.5. The second-order valence-corrected chi connectivity index (χ2v) is 5.00. The summed E-state index contributed by atoms with van der Waals surface area (Å²) in [6.45, 7) is -0.707. The van der Waals surface area contributed by atoms with Gasteiger partial charge in [-0.3, -0.25) is 0 Å². The fourth-order valence-electron chi connectivity index (χ4n) is 2.02. The van der Waals surface area contributed by atoms with Gasteiger partial charge < -0.3 is 29.9 Å². The lowest BCUT2D eigenvalue weighted by Gasteiger charge is -2.37. The lowest BCUT2D eigenvalue weighted by atomic mass is 10.0. The molecule has 1 aliphatic rings. The Morgan fingerprint density at radius 1 is 1.30 bits per heavy atom. The van der Waals surface area contributed by atoms with E-state index in [2.05, 4.69) is 0 Å². The maximum atomic E-state index is 9.86. The van der Waals surface area contributed by atoms with Crippen LogP contribution in [0.5, 0.6) is 0 Å². The topological polar surface area (TPSA) is 99.4 Å². The number of benzene rings is 1. The first-order valence-corrected chi connectivity index (χ1v) is 6.59. The van der Waals surface area contributed by atoms with Gasteiger partial charge in [0.25, 0.3) is 0 Å². The Balaban J connectivity index is 2.14. The average molecular weight is 305 g/mol. The number of hydrogen-bond acceptors (Lipinski definition) is 6. The van der Waals surface area contributed by atoms with E-state index in [1.807, 2.05) is 0 Å². The molecule has 5 atom stereocenters. The first-order valence-electron chi connectivity index (χ1n) is 6.21. The zero-order chi connectivity index (χ0) is 14.7. The monoisotopic (exact) mass is 304 g/mol. The summed E-state index contributed by atoms with van der Waals surface area (Å²) in [4.78, 5) is 0. The van der Waals surface area contributed by atoms with E-state index in [4.69, 9.17) is 26.2 Å². The highest BCUT2D eigenvalue weighted by Gasteiger charge is 2.39. The molecule has 1 aromatic carbocycles. The fraction of sp³-hybridized carbons (Fsp3) is 0.538. The van der Waals surface area contributed by atoms with Crippen molar-refractivity contribution in [2.24, 2.45) is 0 Å². The standard InChI is InChI=1S/C13H17ClO6/c14-8-4-2-1-3-7(8)13-19-6-10(17)12(20-13)11(18)9(16)5-15/h1-4,9-13,15-18H,5-6H2/t9-,10+,11-,12-,13?/m1/s1. The van der Waals surface area contributed by atoms with Gasteiger partial charge in [0.05, 0.1) is 13.2 Å². The van der Waals surface area contributed by atoms with Crippen molar-refractivity contribution in [3.05, 3.63) is 34.9 Å². The van der Waals surface area contributed by atoms with Crippen molar-refractivity contribution >= 4 is 11.6 Å². The van der Waals surface area contributed by atoms with Crippen molar-refractivity contribution in [2.75, 3.05) is 13.2 Å². The van der Waals surface area contributed by atoms with E-state index in [-0.39, 0.29) is 6.61 Å². The Morgan fingerprint density at radius 2 is 2.00 bits per heavy atom. The molecular formula is C13H17ClO6. The molecule has 4 N–H and O–H groups in total. The van der Waals surface area contributed by atoms with Gasteiger partial charge in [-0.05, 0) is 6.07 Å². The first kappa shape index (κ1) is 15.7. The van der Waals surface area contributed by atoms with E-state index in [0.29, 0.717) is 10.6 Å². The highest BCUT2D eigenvalue weighted by molar-refractivity contribution is 6.31. The van der Waals surface area contributed by atoms with Crippen LogP contribution in [0.2, 0.25) is 5.02 Å². The van der Waals surface area contributed by atoms with Crippen LogP contribution in [0, 0.1) is 0 Å². The number of rotatable bonds is 4. The normalized spacial score (nSPS) is 29.9. The van der Waals surface area contributed by atoms with Crippen LogP contribution in [0.25, 0.3) is 0 Å². The van der Waals surface area contributed by atoms with Gasteiger partial charge >= 0.3 is 0 Å². The van der Waals surface area contributed by atoms with E-state index >= 15 is 0 Å². The van der Waals surface area contributed by atoms with Gasteiger partial charge in [0, 0.05) is 10.6 Å². The molecule has 7 heteroatoms. The molecule has 0 spiro atoms. The SMILES string of the molecule is OC[C@@H](O)[C@@H](O)[C@@H]1OC(c2ccccc2Cl)OC[C@@H]1O. The van der Waals surface area contributed by atoms with E-state index < -0.39 is 37.3 Å². The Hall–Kier alpha value is -0.730. The first-order chi connectivity index (χ1) is 9.54. The molecular weight excluding hydrogens is 288 g/mol. The second kappa shape index (κ2) is 6.82. The summed E-state index contributed by atoms with van der Waals surface area (Å²) in [6.07, 6.45) is -5.86. The van der Waals surface area contributed by atoms with E-state index in [1.54, 1.807) is 24.3 Å². The van der Waals surface area contributed by atoms with E-state index in [1.165, 1.54) is 0 Å². The molecule has 1 unspecified atom stereocenters. The van der Waals surface area contributed by atoms with Crippen LogP contribution in [0.3, 0.4) is 0 Å². The van der Waals surface area contributed by atoms with Crippen molar-refractivity contribution in [3.63, 3.8) is 0 Å². The molecule has 0 saturated carbocycles. The zero-order valence-corrected chi connectivity index (χ0v) is 11.3. The van der Waals surface area contributed by atoms with Crippen molar-refractivity contribution in [3.8, 4) is 0 Å². The largest absolute Gasteiger partial charge is 0.394 e. The zero-order valence-electron chi connectivity index (χ0n) is 10.6. The Kier molecular flexibility index (Phi) is 5.34. The molecule has 1 saturated heterocycles. The van der Waals surface area contributed by atoms with Crippen LogP contribution in [-0.2, 0) is 9.47 Å². The predicted molar refractivity (Wildman–Crippen MR) is 70.1 cm³/mol. The number of aliphatic hydroxyl groups excluding tert-OH is 4. The molecule has 20 heavy (non-hydrogen) atoms. The molecule has 1 aliphatic heterocycles. The van der Waals surface area contributed by atoms with Gasteiger partial charge in [-0.1, -0.05) is 29.8 Å². The number of ether oxygens (including phenoxy) is 2. The third-order valence-corrected chi connectivity index (χ3v) is 3.50. The molecule has 0 radical (unpaired) electrons. The van der Waals surface area contributed by atoms with Crippen LogP contribution in [0.1, 0.15) is 11.9 Å². The molecule has 0 bridgehead atoms. The summed E-state index contributed by atoms with van der Waals surface area (Å²) in [7, 11) is 0. The summed E-state index contributed by atoms with van der Waals surface area (Å²) in [5.41, 5.74) is 0.566. The van der Waals surface area contributed by atoms with Gasteiger partial charge in [0.2, 0.25) is 0 Å². The van der Waals surface area contributed by atoms with Gasteiger partial charge in [-0.15, -0.1) is 0 Å². The minimum atomic E-state index is -1.43. The summed E-state index contributed by atoms with van der Waals surface area (Å²) < 4.78 is 10.8. The van der Waals surface area contributed by atoms with Gasteiger partial charge in [-0.2, -0.15) is 0 Å². The van der Waals surface area contributed by atoms with Gasteiger partial charge in [-0.25, -0.2) is 0 Å². The lowest BCUT2D eigenvalue weighted by Crippen LogP contribution is -2.52. The molecule has 1 aromatic rings. The molecule has 6 nitrogen and oxygen atoms in total. The number of aliphatic hydroxyl groups is 4. The van der Waals surface area contributed by atoms with Gasteiger partial charge in [0.1, 0.15) is 24.4 Å². The van der Waals surface area contributed by atoms with Gasteiger partial charge in [0.15, 0.2) is 6.29 Å². The fourth-order valence-corrected chi connectivity index (χ4v) is 2.24. The second-order valence-electron chi connectivity index (χ2n) is 4.60. The maximum Gasteiger partial charge on any atom is 0.185 e. The van der Waals surface area contributed by atoms with Crippen LogP contribution >= 0.6 is 11.6 Å². The molecule has 112 valence electrons. The average Bonchev–Trinajstić information content (AvgIpc) is 2.47. The Labute approximate surface area is 121 Å². The van der Waals surface area contributed by atoms with Crippen molar-refractivity contribution < 1.29 is 29.9 Å². The Morgan fingerprint density at radius 3 is 2.65 bits per heavy atom. The quantitative estimate of drug-likeness (QED) is 0.616. The third-order valence-electron chi connectivity index (χ3n) is 3.16. The minimum Gasteiger partial charge on any atom is -0.394 e. The molecule has 0 amide bonds. The van der Waals surface area contributed by atoms with Crippen molar-refractivity contribution in [1.82, 2.24) is 0 Å². The molecule has 1 fully saturated rings. The summed E-state index contributed by atoms with van der Waals surface area (Å²) in [5, 5.41) is 38.4. The van der Waals surface area contributed by atoms with E-state index in [9.17, 15) is 15.3 Å². The smallest absolute Gasteiger partial charge is 0.185 e. The molecule has 0 aromatic heterocycles.